The fourth-order valence-electron chi connectivity index (χ4n) is 3.01. The lowest BCUT2D eigenvalue weighted by molar-refractivity contribution is -0.235. The average Bonchev–Trinajstić information content (AvgIpc) is 2.90. The summed E-state index contributed by atoms with van der Waals surface area (Å²) in [6.45, 7) is 9.00. The molecular formula is C14H22O7. The van der Waals surface area contributed by atoms with Crippen molar-refractivity contribution in [2.45, 2.75) is 76.9 Å². The van der Waals surface area contributed by atoms with Crippen LogP contribution >= 0.6 is 0 Å². The van der Waals surface area contributed by atoms with Crippen LogP contribution in [0.3, 0.4) is 0 Å². The van der Waals surface area contributed by atoms with E-state index < -0.39 is 36.2 Å². The predicted molar refractivity (Wildman–Crippen MR) is 69.2 cm³/mol. The van der Waals surface area contributed by atoms with Crippen LogP contribution in [0.15, 0.2) is 0 Å². The maximum atomic E-state index is 11.4. The van der Waals surface area contributed by atoms with E-state index in [0.717, 1.165) is 0 Å². The predicted octanol–water partition coefficient (Wildman–Crippen LogP) is 0.946. The highest BCUT2D eigenvalue weighted by Crippen LogP contribution is 2.41. The molecule has 0 aromatic rings. The van der Waals surface area contributed by atoms with Gasteiger partial charge in [-0.3, -0.25) is 4.79 Å². The maximum absolute atomic E-state index is 11.4. The Balaban J connectivity index is 1.77. The number of hydrogen-bond acceptors (Lipinski definition) is 7. The Morgan fingerprint density at radius 1 is 1.05 bits per heavy atom. The Hall–Kier alpha value is -0.730. The largest absolute Gasteiger partial charge is 0.457 e. The maximum Gasteiger partial charge on any atom is 0.303 e. The van der Waals surface area contributed by atoms with Crippen molar-refractivity contribution in [1.82, 2.24) is 0 Å². The molecule has 0 aromatic heterocycles. The van der Waals surface area contributed by atoms with Crippen LogP contribution in [0.25, 0.3) is 0 Å². The quantitative estimate of drug-likeness (QED) is 0.703. The third-order valence-corrected chi connectivity index (χ3v) is 3.73. The van der Waals surface area contributed by atoms with Crippen LogP contribution in [0.4, 0.5) is 0 Å². The standard InChI is InChI=1S/C14H22O7/c1-7(15)17-10-9(8-6-16-13(2,3)19-8)18-12-11(10)20-14(4,5)21-12/h8-12H,6H2,1-5H3/t8?,9-,10-,11+,12+/m0/s1. The molecule has 7 heteroatoms. The van der Waals surface area contributed by atoms with Crippen LogP contribution < -0.4 is 0 Å². The molecule has 5 atom stereocenters. The van der Waals surface area contributed by atoms with Gasteiger partial charge in [0.05, 0.1) is 6.61 Å². The molecule has 7 nitrogen and oxygen atoms in total. The summed E-state index contributed by atoms with van der Waals surface area (Å²) in [6.07, 6.45) is -2.40. The van der Waals surface area contributed by atoms with Gasteiger partial charge in [0, 0.05) is 6.92 Å². The average molecular weight is 302 g/mol. The first-order valence-corrected chi connectivity index (χ1v) is 7.17. The fraction of sp³-hybridized carbons (Fsp3) is 0.929. The number of carbonyl (C=O) groups is 1. The summed E-state index contributed by atoms with van der Waals surface area (Å²) in [4.78, 5) is 11.4. The van der Waals surface area contributed by atoms with Crippen molar-refractivity contribution in [2.75, 3.05) is 6.61 Å². The molecule has 3 saturated heterocycles. The highest BCUT2D eigenvalue weighted by Gasteiger charge is 2.59. The van der Waals surface area contributed by atoms with Gasteiger partial charge in [0.2, 0.25) is 0 Å². The van der Waals surface area contributed by atoms with Gasteiger partial charge in [-0.2, -0.15) is 0 Å². The Bertz CT molecular complexity index is 433. The van der Waals surface area contributed by atoms with Gasteiger partial charge in [-0.05, 0) is 27.7 Å². The summed E-state index contributed by atoms with van der Waals surface area (Å²) >= 11 is 0. The summed E-state index contributed by atoms with van der Waals surface area (Å²) in [6, 6.07) is 0. The van der Waals surface area contributed by atoms with Crippen LogP contribution in [0.1, 0.15) is 34.6 Å². The first kappa shape index (κ1) is 15.2. The fourth-order valence-corrected chi connectivity index (χ4v) is 3.01. The summed E-state index contributed by atoms with van der Waals surface area (Å²) in [7, 11) is 0. The van der Waals surface area contributed by atoms with Crippen molar-refractivity contribution < 1.29 is 33.2 Å². The zero-order chi connectivity index (χ0) is 15.4. The van der Waals surface area contributed by atoms with E-state index >= 15 is 0 Å². The van der Waals surface area contributed by atoms with Crippen molar-refractivity contribution in [3.05, 3.63) is 0 Å². The van der Waals surface area contributed by atoms with Gasteiger partial charge in [-0.1, -0.05) is 0 Å². The molecule has 3 rings (SSSR count). The third-order valence-electron chi connectivity index (χ3n) is 3.73. The molecule has 120 valence electrons. The van der Waals surface area contributed by atoms with E-state index in [1.807, 2.05) is 13.8 Å². The van der Waals surface area contributed by atoms with E-state index in [-0.39, 0.29) is 12.1 Å². The molecule has 3 aliphatic rings. The first-order chi connectivity index (χ1) is 9.67. The van der Waals surface area contributed by atoms with Gasteiger partial charge in [0.15, 0.2) is 30.1 Å². The molecule has 3 heterocycles. The highest BCUT2D eigenvalue weighted by molar-refractivity contribution is 5.66. The second kappa shape index (κ2) is 4.89. The monoisotopic (exact) mass is 302 g/mol. The van der Waals surface area contributed by atoms with Gasteiger partial charge in [0.1, 0.15) is 12.2 Å². The minimum absolute atomic E-state index is 0.328. The lowest BCUT2D eigenvalue weighted by Crippen LogP contribution is -2.44. The number of hydrogen-bond donors (Lipinski definition) is 0. The summed E-state index contributed by atoms with van der Waals surface area (Å²) < 4.78 is 34.2. The van der Waals surface area contributed by atoms with Gasteiger partial charge < -0.3 is 28.4 Å². The summed E-state index contributed by atoms with van der Waals surface area (Å²) in [5, 5.41) is 0. The SMILES string of the molecule is CC(=O)O[C@@H]1[C@H]2OC(C)(C)O[C@H]2O[C@H]1C1COC(C)(C)O1. The first-order valence-electron chi connectivity index (χ1n) is 7.17. The number of esters is 1. The minimum Gasteiger partial charge on any atom is -0.457 e. The molecule has 1 unspecified atom stereocenters. The number of ether oxygens (including phenoxy) is 6. The van der Waals surface area contributed by atoms with Gasteiger partial charge >= 0.3 is 5.97 Å². The lowest BCUT2D eigenvalue weighted by atomic mass is 10.1. The van der Waals surface area contributed by atoms with E-state index in [1.165, 1.54) is 6.92 Å². The molecule has 0 aromatic carbocycles. The van der Waals surface area contributed by atoms with Gasteiger partial charge in [0.25, 0.3) is 0 Å². The zero-order valence-corrected chi connectivity index (χ0v) is 13.0. The van der Waals surface area contributed by atoms with E-state index in [2.05, 4.69) is 0 Å². The van der Waals surface area contributed by atoms with Crippen molar-refractivity contribution in [3.63, 3.8) is 0 Å². The van der Waals surface area contributed by atoms with Crippen molar-refractivity contribution >= 4 is 5.97 Å². The Morgan fingerprint density at radius 3 is 2.33 bits per heavy atom. The summed E-state index contributed by atoms with van der Waals surface area (Å²) in [5.41, 5.74) is 0. The third kappa shape index (κ3) is 2.93. The Morgan fingerprint density at radius 2 is 1.76 bits per heavy atom. The molecule has 0 N–H and O–H groups in total. The van der Waals surface area contributed by atoms with E-state index in [9.17, 15) is 4.79 Å². The molecule has 0 spiro atoms. The lowest BCUT2D eigenvalue weighted by Gasteiger charge is -2.28. The van der Waals surface area contributed by atoms with Crippen LogP contribution in [-0.2, 0) is 33.2 Å². The molecular weight excluding hydrogens is 280 g/mol. The molecule has 3 aliphatic heterocycles. The second-order valence-corrected chi connectivity index (χ2v) is 6.51. The molecule has 0 aliphatic carbocycles. The molecule has 21 heavy (non-hydrogen) atoms. The van der Waals surface area contributed by atoms with Gasteiger partial charge in [-0.15, -0.1) is 0 Å². The molecule has 0 saturated carbocycles. The van der Waals surface area contributed by atoms with Gasteiger partial charge in [-0.25, -0.2) is 0 Å². The van der Waals surface area contributed by atoms with E-state index in [4.69, 9.17) is 28.4 Å². The number of fused-ring (bicyclic) bond motifs is 1. The van der Waals surface area contributed by atoms with E-state index in [1.54, 1.807) is 13.8 Å². The zero-order valence-electron chi connectivity index (χ0n) is 13.0. The Labute approximate surface area is 123 Å². The smallest absolute Gasteiger partial charge is 0.303 e. The van der Waals surface area contributed by atoms with Crippen molar-refractivity contribution in [1.29, 1.82) is 0 Å². The van der Waals surface area contributed by atoms with Crippen LogP contribution in [-0.4, -0.2) is 54.9 Å². The Kier molecular flexibility index (Phi) is 3.53. The molecule has 0 bridgehead atoms. The highest BCUT2D eigenvalue weighted by atomic mass is 16.8. The molecule has 3 fully saturated rings. The van der Waals surface area contributed by atoms with Crippen LogP contribution in [0.2, 0.25) is 0 Å². The summed E-state index contributed by atoms with van der Waals surface area (Å²) in [5.74, 6) is -1.82. The molecule has 0 radical (unpaired) electrons. The van der Waals surface area contributed by atoms with Crippen LogP contribution in [0.5, 0.6) is 0 Å². The normalized spacial score (nSPS) is 43.8. The number of carbonyl (C=O) groups excluding carboxylic acids is 1. The van der Waals surface area contributed by atoms with Crippen molar-refractivity contribution in [3.8, 4) is 0 Å². The molecule has 0 amide bonds. The number of rotatable bonds is 2. The topological polar surface area (TPSA) is 72.5 Å². The van der Waals surface area contributed by atoms with Crippen molar-refractivity contribution in [2.24, 2.45) is 0 Å². The minimum atomic E-state index is -0.759. The second-order valence-electron chi connectivity index (χ2n) is 6.51. The van der Waals surface area contributed by atoms with E-state index in [0.29, 0.717) is 6.61 Å². The van der Waals surface area contributed by atoms with Crippen LogP contribution in [0, 0.1) is 0 Å².